The predicted octanol–water partition coefficient (Wildman–Crippen LogP) is 1.53. The summed E-state index contributed by atoms with van der Waals surface area (Å²) in [5.41, 5.74) is 1.63. The Morgan fingerprint density at radius 2 is 1.93 bits per heavy atom. The van der Waals surface area contributed by atoms with Crippen LogP contribution >= 0.6 is 0 Å². The maximum Gasteiger partial charge on any atom is 0.307 e. The van der Waals surface area contributed by atoms with E-state index in [1.165, 1.54) is 6.08 Å². The van der Waals surface area contributed by atoms with Crippen molar-refractivity contribution in [3.8, 4) is 0 Å². The molecule has 0 saturated carbocycles. The Morgan fingerprint density at radius 1 is 1.29 bits per heavy atom. The monoisotopic (exact) mass is 190 g/mol. The molecule has 14 heavy (non-hydrogen) atoms. The maximum atomic E-state index is 10.4. The van der Waals surface area contributed by atoms with E-state index in [0.29, 0.717) is 6.29 Å². The van der Waals surface area contributed by atoms with Gasteiger partial charge in [-0.3, -0.25) is 9.59 Å². The van der Waals surface area contributed by atoms with Gasteiger partial charge in [0.15, 0.2) is 0 Å². The summed E-state index contributed by atoms with van der Waals surface area (Å²) in [6.07, 6.45) is 3.78. The van der Waals surface area contributed by atoms with Crippen molar-refractivity contribution in [2.24, 2.45) is 0 Å². The van der Waals surface area contributed by atoms with Crippen LogP contribution in [0.25, 0.3) is 6.08 Å². The quantitative estimate of drug-likeness (QED) is 0.578. The summed E-state index contributed by atoms with van der Waals surface area (Å²) in [5.74, 6) is -0.846. The largest absolute Gasteiger partial charge is 0.481 e. The molecule has 0 aliphatic rings. The van der Waals surface area contributed by atoms with Crippen molar-refractivity contribution >= 4 is 18.3 Å². The van der Waals surface area contributed by atoms with Crippen LogP contribution in [-0.4, -0.2) is 17.4 Å². The number of allylic oxidation sites excluding steroid dienone is 1. The molecule has 0 aliphatic carbocycles. The lowest BCUT2D eigenvalue weighted by Crippen LogP contribution is -1.99. The number of aldehydes is 1. The van der Waals surface area contributed by atoms with E-state index in [0.717, 1.165) is 11.1 Å². The van der Waals surface area contributed by atoms with Gasteiger partial charge >= 0.3 is 5.97 Å². The Kier molecular flexibility index (Phi) is 3.61. The van der Waals surface area contributed by atoms with Gasteiger partial charge in [-0.15, -0.1) is 0 Å². The van der Waals surface area contributed by atoms with Crippen molar-refractivity contribution in [3.63, 3.8) is 0 Å². The lowest BCUT2D eigenvalue weighted by Gasteiger charge is -1.97. The summed E-state index contributed by atoms with van der Waals surface area (Å²) in [6.45, 7) is 0. The minimum absolute atomic E-state index is 0.0255. The fourth-order valence-corrected chi connectivity index (χ4v) is 1.07. The zero-order valence-corrected chi connectivity index (χ0v) is 7.51. The predicted molar refractivity (Wildman–Crippen MR) is 52.9 cm³/mol. The number of carbonyl (C=O) groups excluding carboxylic acids is 1. The fourth-order valence-electron chi connectivity index (χ4n) is 1.07. The Labute approximate surface area is 81.7 Å². The Morgan fingerprint density at radius 3 is 2.43 bits per heavy atom. The van der Waals surface area contributed by atoms with E-state index in [4.69, 9.17) is 5.11 Å². The van der Waals surface area contributed by atoms with E-state index >= 15 is 0 Å². The molecule has 0 fully saturated rings. The summed E-state index contributed by atoms with van der Waals surface area (Å²) >= 11 is 0. The van der Waals surface area contributed by atoms with Gasteiger partial charge in [0.25, 0.3) is 0 Å². The second-order valence-corrected chi connectivity index (χ2v) is 2.81. The molecule has 0 heterocycles. The van der Waals surface area contributed by atoms with E-state index in [1.54, 1.807) is 30.3 Å². The number of hydrogen-bond donors (Lipinski definition) is 1. The first-order valence-corrected chi connectivity index (χ1v) is 4.15. The first kappa shape index (κ1) is 10.2. The molecule has 1 aromatic carbocycles. The molecule has 0 spiro atoms. The summed E-state index contributed by atoms with van der Waals surface area (Å²) in [4.78, 5) is 20.4. The van der Waals surface area contributed by atoms with Gasteiger partial charge in [0.1, 0.15) is 6.29 Å². The molecule has 0 aliphatic heterocycles. The Balaban J connectivity index is 2.73. The number of benzene rings is 1. The smallest absolute Gasteiger partial charge is 0.307 e. The SMILES string of the molecule is O=CC=Cc1ccc(CC(=O)O)cc1. The van der Waals surface area contributed by atoms with Crippen LogP contribution in [0.1, 0.15) is 11.1 Å². The van der Waals surface area contributed by atoms with Gasteiger partial charge in [-0.25, -0.2) is 0 Å². The molecule has 0 amide bonds. The zero-order chi connectivity index (χ0) is 10.4. The van der Waals surface area contributed by atoms with Gasteiger partial charge in [0.05, 0.1) is 6.42 Å². The lowest BCUT2D eigenvalue weighted by molar-refractivity contribution is -0.136. The van der Waals surface area contributed by atoms with E-state index in [1.807, 2.05) is 0 Å². The van der Waals surface area contributed by atoms with Crippen LogP contribution in [0, 0.1) is 0 Å². The zero-order valence-electron chi connectivity index (χ0n) is 7.51. The summed E-state index contributed by atoms with van der Waals surface area (Å²) in [5, 5.41) is 8.52. The van der Waals surface area contributed by atoms with Gasteiger partial charge in [-0.2, -0.15) is 0 Å². The molecule has 72 valence electrons. The molecule has 0 radical (unpaired) electrons. The topological polar surface area (TPSA) is 54.4 Å². The standard InChI is InChI=1S/C11H10O3/c12-7-1-2-9-3-5-10(6-4-9)8-11(13)14/h1-7H,8H2,(H,13,14). The van der Waals surface area contributed by atoms with E-state index in [9.17, 15) is 9.59 Å². The summed E-state index contributed by atoms with van der Waals surface area (Å²) < 4.78 is 0. The number of carboxylic acids is 1. The molecule has 0 atom stereocenters. The minimum Gasteiger partial charge on any atom is -0.481 e. The third-order valence-corrected chi connectivity index (χ3v) is 1.70. The van der Waals surface area contributed by atoms with E-state index in [2.05, 4.69) is 0 Å². The van der Waals surface area contributed by atoms with Gasteiger partial charge in [0.2, 0.25) is 0 Å². The highest BCUT2D eigenvalue weighted by Gasteiger charge is 1.98. The first-order valence-electron chi connectivity index (χ1n) is 4.15. The van der Waals surface area contributed by atoms with Crippen molar-refractivity contribution in [1.82, 2.24) is 0 Å². The van der Waals surface area contributed by atoms with Crippen LogP contribution in [0.5, 0.6) is 0 Å². The van der Waals surface area contributed by atoms with E-state index in [-0.39, 0.29) is 6.42 Å². The molecule has 1 N–H and O–H groups in total. The number of carboxylic acid groups (broad SMARTS) is 1. The van der Waals surface area contributed by atoms with Gasteiger partial charge in [0, 0.05) is 0 Å². The highest BCUT2D eigenvalue weighted by atomic mass is 16.4. The summed E-state index contributed by atoms with van der Waals surface area (Å²) in [7, 11) is 0. The van der Waals surface area contributed by atoms with Gasteiger partial charge in [-0.05, 0) is 17.2 Å². The summed E-state index contributed by atoms with van der Waals surface area (Å²) in [6, 6.07) is 7.02. The molecule has 1 rings (SSSR count). The first-order chi connectivity index (χ1) is 6.72. The molecular formula is C11H10O3. The van der Waals surface area contributed by atoms with Crippen LogP contribution in [0.15, 0.2) is 30.3 Å². The van der Waals surface area contributed by atoms with Gasteiger partial charge < -0.3 is 5.11 Å². The Bertz CT molecular complexity index is 349. The second-order valence-electron chi connectivity index (χ2n) is 2.81. The highest BCUT2D eigenvalue weighted by Crippen LogP contribution is 2.06. The van der Waals surface area contributed by atoms with Crippen molar-refractivity contribution in [2.45, 2.75) is 6.42 Å². The van der Waals surface area contributed by atoms with Crippen molar-refractivity contribution < 1.29 is 14.7 Å². The van der Waals surface area contributed by atoms with Crippen molar-refractivity contribution in [3.05, 3.63) is 41.5 Å². The molecule has 0 saturated heterocycles. The number of hydrogen-bond acceptors (Lipinski definition) is 2. The van der Waals surface area contributed by atoms with Gasteiger partial charge in [-0.1, -0.05) is 30.3 Å². The minimum atomic E-state index is -0.846. The molecule has 3 nitrogen and oxygen atoms in total. The number of rotatable bonds is 4. The van der Waals surface area contributed by atoms with Crippen molar-refractivity contribution in [1.29, 1.82) is 0 Å². The maximum absolute atomic E-state index is 10.4. The molecule has 3 heteroatoms. The van der Waals surface area contributed by atoms with Crippen LogP contribution in [0.3, 0.4) is 0 Å². The molecule has 0 bridgehead atoms. The second kappa shape index (κ2) is 4.97. The molecular weight excluding hydrogens is 180 g/mol. The number of carbonyl (C=O) groups is 2. The average molecular weight is 190 g/mol. The van der Waals surface area contributed by atoms with Crippen molar-refractivity contribution in [2.75, 3.05) is 0 Å². The fraction of sp³-hybridized carbons (Fsp3) is 0.0909. The Hall–Kier alpha value is -1.90. The molecule has 1 aromatic rings. The van der Waals surface area contributed by atoms with Crippen LogP contribution in [0.2, 0.25) is 0 Å². The van der Waals surface area contributed by atoms with Crippen LogP contribution in [0.4, 0.5) is 0 Å². The third-order valence-electron chi connectivity index (χ3n) is 1.70. The average Bonchev–Trinajstić information content (AvgIpc) is 2.16. The number of aliphatic carboxylic acids is 1. The highest BCUT2D eigenvalue weighted by molar-refractivity contribution is 5.74. The molecule has 0 aromatic heterocycles. The van der Waals surface area contributed by atoms with Crippen LogP contribution < -0.4 is 0 Å². The lowest BCUT2D eigenvalue weighted by atomic mass is 10.1. The molecule has 0 unspecified atom stereocenters. The van der Waals surface area contributed by atoms with E-state index < -0.39 is 5.97 Å². The van der Waals surface area contributed by atoms with Crippen LogP contribution in [-0.2, 0) is 16.0 Å². The normalized spacial score (nSPS) is 10.3. The third kappa shape index (κ3) is 3.23.